The number of carbonyl (C=O) groups excluding carboxylic acids is 1. The fourth-order valence-corrected chi connectivity index (χ4v) is 4.76. The van der Waals surface area contributed by atoms with Gasteiger partial charge in [0.1, 0.15) is 11.6 Å². The Hall–Kier alpha value is -3.36. The molecule has 172 valence electrons. The first-order valence-electron chi connectivity index (χ1n) is 9.82. The molecule has 3 aromatic carbocycles. The molecule has 3 aromatic rings. The van der Waals surface area contributed by atoms with E-state index in [1.165, 1.54) is 49.6 Å². The van der Waals surface area contributed by atoms with Gasteiger partial charge in [0.15, 0.2) is 0 Å². The second-order valence-corrected chi connectivity index (χ2v) is 9.35. The van der Waals surface area contributed by atoms with Gasteiger partial charge in [0.05, 0.1) is 34.8 Å². The van der Waals surface area contributed by atoms with E-state index in [0.717, 1.165) is 4.31 Å². The van der Waals surface area contributed by atoms with Crippen LogP contribution in [0.5, 0.6) is 5.75 Å². The third-order valence-corrected chi connectivity index (χ3v) is 6.99. The highest BCUT2D eigenvalue weighted by molar-refractivity contribution is 7.92. The number of halogens is 2. The van der Waals surface area contributed by atoms with E-state index in [9.17, 15) is 17.6 Å². The van der Waals surface area contributed by atoms with Crippen molar-refractivity contribution in [1.82, 2.24) is 0 Å². The molecule has 0 bridgehead atoms. The van der Waals surface area contributed by atoms with E-state index in [-0.39, 0.29) is 27.7 Å². The molecule has 0 saturated heterocycles. The topological polar surface area (TPSA) is 75.7 Å². The number of nitrogens with one attached hydrogen (secondary N) is 1. The van der Waals surface area contributed by atoms with Gasteiger partial charge >= 0.3 is 0 Å². The lowest BCUT2D eigenvalue weighted by Gasteiger charge is -2.23. The van der Waals surface area contributed by atoms with Gasteiger partial charge in [-0.25, -0.2) is 12.8 Å². The Bertz CT molecular complexity index is 1290. The Morgan fingerprint density at radius 3 is 2.48 bits per heavy atom. The van der Waals surface area contributed by atoms with Gasteiger partial charge in [-0.05, 0) is 67.1 Å². The highest BCUT2D eigenvalue weighted by Gasteiger charge is 2.26. The quantitative estimate of drug-likeness (QED) is 0.429. The van der Waals surface area contributed by atoms with E-state index in [1.54, 1.807) is 31.2 Å². The highest BCUT2D eigenvalue weighted by Crippen LogP contribution is 2.29. The largest absolute Gasteiger partial charge is 0.497 e. The molecule has 0 unspecified atom stereocenters. The molecular weight excluding hydrogens is 467 g/mol. The van der Waals surface area contributed by atoms with E-state index in [4.69, 9.17) is 16.3 Å². The SMILES string of the molecule is C=CCN(c1ccc(OC)cc1)S(=O)(=O)c1ccc(Cl)c(C(=O)Nc2cc(F)ccc2C)c1. The third-order valence-electron chi connectivity index (χ3n) is 4.87. The average Bonchev–Trinajstić information content (AvgIpc) is 2.80. The van der Waals surface area contributed by atoms with Crippen LogP contribution in [0.15, 0.2) is 78.2 Å². The lowest BCUT2D eigenvalue weighted by molar-refractivity contribution is 0.102. The van der Waals surface area contributed by atoms with E-state index >= 15 is 0 Å². The normalized spacial score (nSPS) is 11.0. The minimum atomic E-state index is -4.07. The van der Waals surface area contributed by atoms with Crippen molar-refractivity contribution in [2.75, 3.05) is 23.3 Å². The van der Waals surface area contributed by atoms with E-state index in [2.05, 4.69) is 11.9 Å². The number of ether oxygens (including phenoxy) is 1. The van der Waals surface area contributed by atoms with Crippen molar-refractivity contribution >= 4 is 38.9 Å². The maximum Gasteiger partial charge on any atom is 0.264 e. The molecule has 0 saturated carbocycles. The van der Waals surface area contributed by atoms with Crippen molar-refractivity contribution in [2.45, 2.75) is 11.8 Å². The van der Waals surface area contributed by atoms with Crippen LogP contribution in [0.4, 0.5) is 15.8 Å². The summed E-state index contributed by atoms with van der Waals surface area (Å²) >= 11 is 6.20. The summed E-state index contributed by atoms with van der Waals surface area (Å²) in [6.07, 6.45) is 1.46. The number of methoxy groups -OCH3 is 1. The van der Waals surface area contributed by atoms with Crippen molar-refractivity contribution in [3.63, 3.8) is 0 Å². The molecule has 0 heterocycles. The van der Waals surface area contributed by atoms with Crippen LogP contribution in [-0.2, 0) is 10.0 Å². The van der Waals surface area contributed by atoms with Crippen LogP contribution in [0.2, 0.25) is 5.02 Å². The number of rotatable bonds is 8. The minimum absolute atomic E-state index is 0.00129. The van der Waals surface area contributed by atoms with Crippen LogP contribution in [0.25, 0.3) is 0 Å². The van der Waals surface area contributed by atoms with Gasteiger partial charge in [0, 0.05) is 5.69 Å². The van der Waals surface area contributed by atoms with Gasteiger partial charge in [-0.1, -0.05) is 23.7 Å². The van der Waals surface area contributed by atoms with Crippen molar-refractivity contribution in [3.8, 4) is 5.75 Å². The second-order valence-electron chi connectivity index (χ2n) is 7.08. The molecule has 1 N–H and O–H groups in total. The number of amides is 1. The Morgan fingerprint density at radius 1 is 1.15 bits per heavy atom. The number of nitrogens with zero attached hydrogens (tertiary/aromatic N) is 1. The third kappa shape index (κ3) is 5.35. The fraction of sp³-hybridized carbons (Fsp3) is 0.125. The van der Waals surface area contributed by atoms with Crippen molar-refractivity contribution < 1.29 is 22.3 Å². The molecule has 0 atom stereocenters. The summed E-state index contributed by atoms with van der Waals surface area (Å²) in [6, 6.07) is 14.3. The maximum absolute atomic E-state index is 13.6. The first kappa shape index (κ1) is 24.3. The van der Waals surface area contributed by atoms with Gasteiger partial charge in [-0.2, -0.15) is 0 Å². The average molecular weight is 489 g/mol. The molecule has 0 aliphatic heterocycles. The molecule has 6 nitrogen and oxygen atoms in total. The van der Waals surface area contributed by atoms with Crippen molar-refractivity contribution in [2.24, 2.45) is 0 Å². The molecule has 0 aromatic heterocycles. The predicted molar refractivity (Wildman–Crippen MR) is 128 cm³/mol. The Morgan fingerprint density at radius 2 is 1.85 bits per heavy atom. The first-order chi connectivity index (χ1) is 15.7. The molecule has 1 amide bonds. The van der Waals surface area contributed by atoms with Crippen LogP contribution >= 0.6 is 11.6 Å². The van der Waals surface area contributed by atoms with Gasteiger partial charge in [0.25, 0.3) is 15.9 Å². The lowest BCUT2D eigenvalue weighted by Crippen LogP contribution is -2.31. The molecule has 0 fully saturated rings. The summed E-state index contributed by atoms with van der Waals surface area (Å²) in [7, 11) is -2.56. The molecule has 0 spiro atoms. The molecule has 0 radical (unpaired) electrons. The molecular formula is C24H22ClFN2O4S. The van der Waals surface area contributed by atoms with E-state index < -0.39 is 21.7 Å². The summed E-state index contributed by atoms with van der Waals surface area (Å²) in [5.74, 6) is -0.601. The fourth-order valence-electron chi connectivity index (χ4n) is 3.09. The molecule has 3 rings (SSSR count). The summed E-state index contributed by atoms with van der Waals surface area (Å²) in [6.45, 7) is 5.35. The van der Waals surface area contributed by atoms with Gasteiger partial charge in [0.2, 0.25) is 0 Å². The maximum atomic E-state index is 13.6. The van der Waals surface area contributed by atoms with Crippen LogP contribution in [0.3, 0.4) is 0 Å². The van der Waals surface area contributed by atoms with E-state index in [1.807, 2.05) is 0 Å². The molecule has 0 aliphatic rings. The van der Waals surface area contributed by atoms with Crippen molar-refractivity contribution in [3.05, 3.63) is 95.3 Å². The Kier molecular flexibility index (Phi) is 7.40. The van der Waals surface area contributed by atoms with Crippen LogP contribution in [-0.4, -0.2) is 28.0 Å². The highest BCUT2D eigenvalue weighted by atomic mass is 35.5. The summed E-state index contributed by atoms with van der Waals surface area (Å²) in [5, 5.41) is 2.64. The minimum Gasteiger partial charge on any atom is -0.497 e. The Labute approximate surface area is 197 Å². The second kappa shape index (κ2) is 10.1. The molecule has 33 heavy (non-hydrogen) atoms. The monoisotopic (exact) mass is 488 g/mol. The number of anilines is 2. The Balaban J connectivity index is 1.99. The van der Waals surface area contributed by atoms with Crippen LogP contribution < -0.4 is 14.4 Å². The zero-order valence-electron chi connectivity index (χ0n) is 18.0. The van der Waals surface area contributed by atoms with Crippen LogP contribution in [0.1, 0.15) is 15.9 Å². The lowest BCUT2D eigenvalue weighted by atomic mass is 10.1. The van der Waals surface area contributed by atoms with E-state index in [0.29, 0.717) is 17.0 Å². The summed E-state index contributed by atoms with van der Waals surface area (Å²) < 4.78 is 46.8. The summed E-state index contributed by atoms with van der Waals surface area (Å²) in [4.78, 5) is 12.7. The van der Waals surface area contributed by atoms with Gasteiger partial charge in [-0.3, -0.25) is 9.10 Å². The summed E-state index contributed by atoms with van der Waals surface area (Å²) in [5.41, 5.74) is 1.24. The number of carbonyl (C=O) groups is 1. The van der Waals surface area contributed by atoms with Gasteiger partial charge in [-0.15, -0.1) is 6.58 Å². The zero-order chi connectivity index (χ0) is 24.2. The standard InChI is InChI=1S/C24H22ClFN2O4S/c1-4-13-28(18-7-9-19(32-3)10-8-18)33(30,31)20-11-12-22(25)21(15-20)24(29)27-23-14-17(26)6-5-16(23)2/h4-12,14-15H,1,13H2,2-3H3,(H,27,29). The molecule has 9 heteroatoms. The first-order valence-corrected chi connectivity index (χ1v) is 11.6. The number of benzene rings is 3. The smallest absolute Gasteiger partial charge is 0.264 e. The number of hydrogen-bond donors (Lipinski definition) is 1. The van der Waals surface area contributed by atoms with Crippen LogP contribution in [0, 0.1) is 12.7 Å². The van der Waals surface area contributed by atoms with Gasteiger partial charge < -0.3 is 10.1 Å². The van der Waals surface area contributed by atoms with Crippen molar-refractivity contribution in [1.29, 1.82) is 0 Å². The predicted octanol–water partition coefficient (Wildman–Crippen LogP) is 5.43. The number of aryl methyl sites for hydroxylation is 1. The number of hydrogen-bond acceptors (Lipinski definition) is 4. The zero-order valence-corrected chi connectivity index (χ0v) is 19.6. The number of sulfonamides is 1. The molecule has 0 aliphatic carbocycles.